The van der Waals surface area contributed by atoms with Crippen LogP contribution in [-0.4, -0.2) is 25.8 Å². The Bertz CT molecular complexity index is 828. The molecule has 1 aliphatic carbocycles. The third-order valence-corrected chi connectivity index (χ3v) is 6.56. The molecule has 1 aliphatic heterocycles. The first kappa shape index (κ1) is 15.7. The van der Waals surface area contributed by atoms with Gasteiger partial charge in [-0.15, -0.1) is 0 Å². The SMILES string of the molecule is Cc1ccc(S(=O)(=O)N2C[C@H]3C[C@H](C#N)C(C#N)=C[C@@H]3C2)cc1. The van der Waals surface area contributed by atoms with Crippen molar-refractivity contribution in [2.75, 3.05) is 13.1 Å². The summed E-state index contributed by atoms with van der Waals surface area (Å²) in [6.07, 6.45) is 2.35. The van der Waals surface area contributed by atoms with Crippen molar-refractivity contribution in [2.24, 2.45) is 17.8 Å². The third-order valence-electron chi connectivity index (χ3n) is 4.71. The van der Waals surface area contributed by atoms with E-state index in [1.807, 2.05) is 6.92 Å². The fraction of sp³-hybridized carbons (Fsp3) is 0.412. The Kier molecular flexibility index (Phi) is 3.97. The Morgan fingerprint density at radius 2 is 1.87 bits per heavy atom. The fourth-order valence-electron chi connectivity index (χ4n) is 3.36. The second kappa shape index (κ2) is 5.81. The van der Waals surface area contributed by atoms with Crippen LogP contribution in [0.3, 0.4) is 0 Å². The normalized spacial score (nSPS) is 27.6. The lowest BCUT2D eigenvalue weighted by Crippen LogP contribution is -2.29. The number of allylic oxidation sites excluding steroid dienone is 1. The summed E-state index contributed by atoms with van der Waals surface area (Å²) in [5.41, 5.74) is 1.49. The van der Waals surface area contributed by atoms with Gasteiger partial charge in [-0.25, -0.2) is 8.42 Å². The number of sulfonamides is 1. The average Bonchev–Trinajstić information content (AvgIpc) is 2.97. The lowest BCUT2D eigenvalue weighted by atomic mass is 9.77. The molecule has 0 radical (unpaired) electrons. The molecule has 1 aromatic rings. The Balaban J connectivity index is 1.86. The van der Waals surface area contributed by atoms with Crippen LogP contribution in [0, 0.1) is 47.3 Å². The number of benzene rings is 1. The number of fused-ring (bicyclic) bond motifs is 1. The molecule has 0 bridgehead atoms. The average molecular weight is 327 g/mol. The highest BCUT2D eigenvalue weighted by atomic mass is 32.2. The predicted octanol–water partition coefficient (Wildman–Crippen LogP) is 2.23. The second-order valence-electron chi connectivity index (χ2n) is 6.21. The number of rotatable bonds is 2. The highest BCUT2D eigenvalue weighted by Gasteiger charge is 2.42. The van der Waals surface area contributed by atoms with Crippen molar-refractivity contribution in [3.8, 4) is 12.1 Å². The number of nitriles is 2. The van der Waals surface area contributed by atoms with Crippen molar-refractivity contribution >= 4 is 10.0 Å². The van der Waals surface area contributed by atoms with Gasteiger partial charge in [0.05, 0.1) is 23.0 Å². The summed E-state index contributed by atoms with van der Waals surface area (Å²) in [5.74, 6) is -0.283. The van der Waals surface area contributed by atoms with Crippen LogP contribution in [0.25, 0.3) is 0 Å². The highest BCUT2D eigenvalue weighted by Crippen LogP contribution is 2.39. The zero-order valence-electron chi connectivity index (χ0n) is 12.8. The van der Waals surface area contributed by atoms with Crippen LogP contribution in [0.5, 0.6) is 0 Å². The molecule has 118 valence electrons. The molecule has 0 unspecified atom stereocenters. The zero-order valence-corrected chi connectivity index (χ0v) is 13.6. The first-order chi connectivity index (χ1) is 11.0. The van der Waals surface area contributed by atoms with Crippen molar-refractivity contribution in [1.82, 2.24) is 4.31 Å². The molecule has 3 rings (SSSR count). The maximum absolute atomic E-state index is 12.8. The summed E-state index contributed by atoms with van der Waals surface area (Å²) in [5, 5.41) is 18.3. The van der Waals surface area contributed by atoms with E-state index < -0.39 is 15.9 Å². The standard InChI is InChI=1S/C17H17N3O2S/c1-12-2-4-17(5-3-12)23(21,22)20-10-15-6-13(8-18)14(9-19)7-16(15)11-20/h2-6,14-16H,7,10-11H2,1H3/t14-,15-,16-/m1/s1. The molecule has 1 fully saturated rings. The van der Waals surface area contributed by atoms with E-state index >= 15 is 0 Å². The van der Waals surface area contributed by atoms with Gasteiger partial charge in [0.1, 0.15) is 0 Å². The van der Waals surface area contributed by atoms with Gasteiger partial charge in [0, 0.05) is 18.7 Å². The zero-order chi connectivity index (χ0) is 16.6. The minimum atomic E-state index is -3.52. The van der Waals surface area contributed by atoms with E-state index in [-0.39, 0.29) is 11.8 Å². The molecule has 0 N–H and O–H groups in total. The van der Waals surface area contributed by atoms with E-state index in [9.17, 15) is 8.42 Å². The second-order valence-corrected chi connectivity index (χ2v) is 8.15. The monoisotopic (exact) mass is 327 g/mol. The number of hydrogen-bond donors (Lipinski definition) is 0. The van der Waals surface area contributed by atoms with E-state index in [4.69, 9.17) is 10.5 Å². The summed E-state index contributed by atoms with van der Waals surface area (Å²) in [4.78, 5) is 0.295. The molecule has 1 saturated heterocycles. The molecule has 0 amide bonds. The lowest BCUT2D eigenvalue weighted by molar-refractivity contribution is 0.393. The van der Waals surface area contributed by atoms with Gasteiger partial charge in [0.25, 0.3) is 0 Å². The van der Waals surface area contributed by atoms with Crippen LogP contribution < -0.4 is 0 Å². The molecular weight excluding hydrogens is 310 g/mol. The minimum Gasteiger partial charge on any atom is -0.207 e. The van der Waals surface area contributed by atoms with Crippen molar-refractivity contribution in [3.63, 3.8) is 0 Å². The molecule has 0 aromatic heterocycles. The molecule has 1 aromatic carbocycles. The van der Waals surface area contributed by atoms with Crippen molar-refractivity contribution < 1.29 is 8.42 Å². The van der Waals surface area contributed by atoms with Gasteiger partial charge in [-0.1, -0.05) is 23.8 Å². The third kappa shape index (κ3) is 2.76. The fourth-order valence-corrected chi connectivity index (χ4v) is 4.90. The van der Waals surface area contributed by atoms with E-state index in [1.165, 1.54) is 4.31 Å². The minimum absolute atomic E-state index is 0.0227. The van der Waals surface area contributed by atoms with Crippen LogP contribution in [0.2, 0.25) is 0 Å². The number of hydrogen-bond acceptors (Lipinski definition) is 4. The van der Waals surface area contributed by atoms with Gasteiger partial charge in [-0.2, -0.15) is 14.8 Å². The summed E-state index contributed by atoms with van der Waals surface area (Å²) in [6.45, 7) is 2.70. The first-order valence-electron chi connectivity index (χ1n) is 7.54. The van der Waals surface area contributed by atoms with Gasteiger partial charge in [-0.3, -0.25) is 0 Å². The largest absolute Gasteiger partial charge is 0.243 e. The van der Waals surface area contributed by atoms with Crippen LogP contribution in [0.15, 0.2) is 40.8 Å². The van der Waals surface area contributed by atoms with E-state index in [0.717, 1.165) is 5.56 Å². The summed E-state index contributed by atoms with van der Waals surface area (Å²) < 4.78 is 27.0. The van der Waals surface area contributed by atoms with Crippen molar-refractivity contribution in [1.29, 1.82) is 10.5 Å². The maximum Gasteiger partial charge on any atom is 0.243 e. The number of nitrogens with zero attached hydrogens (tertiary/aromatic N) is 3. The summed E-state index contributed by atoms with van der Waals surface area (Å²) in [7, 11) is -3.52. The Morgan fingerprint density at radius 3 is 2.48 bits per heavy atom. The molecule has 5 nitrogen and oxygen atoms in total. The topological polar surface area (TPSA) is 85.0 Å². The maximum atomic E-state index is 12.8. The van der Waals surface area contributed by atoms with Crippen LogP contribution in [-0.2, 0) is 10.0 Å². The summed E-state index contributed by atoms with van der Waals surface area (Å²) in [6, 6.07) is 11.1. The molecule has 2 aliphatic rings. The molecule has 1 heterocycles. The van der Waals surface area contributed by atoms with Crippen molar-refractivity contribution in [2.45, 2.75) is 18.2 Å². The molecule has 23 heavy (non-hydrogen) atoms. The Hall–Kier alpha value is -2.15. The quantitative estimate of drug-likeness (QED) is 0.833. The van der Waals surface area contributed by atoms with Gasteiger partial charge >= 0.3 is 0 Å². The molecular formula is C17H17N3O2S. The predicted molar refractivity (Wildman–Crippen MR) is 84.3 cm³/mol. The van der Waals surface area contributed by atoms with E-state index in [2.05, 4.69) is 12.1 Å². The van der Waals surface area contributed by atoms with E-state index in [0.29, 0.717) is 30.0 Å². The number of aryl methyl sites for hydroxylation is 1. The molecule has 0 spiro atoms. The van der Waals surface area contributed by atoms with Crippen LogP contribution >= 0.6 is 0 Å². The summed E-state index contributed by atoms with van der Waals surface area (Å²) >= 11 is 0. The highest BCUT2D eigenvalue weighted by molar-refractivity contribution is 7.89. The Morgan fingerprint density at radius 1 is 1.17 bits per heavy atom. The lowest BCUT2D eigenvalue weighted by Gasteiger charge is -2.23. The van der Waals surface area contributed by atoms with Gasteiger partial charge < -0.3 is 0 Å². The molecule has 0 saturated carbocycles. The van der Waals surface area contributed by atoms with Gasteiger partial charge in [0.2, 0.25) is 10.0 Å². The van der Waals surface area contributed by atoms with Crippen molar-refractivity contribution in [3.05, 3.63) is 41.5 Å². The Labute approximate surface area is 136 Å². The van der Waals surface area contributed by atoms with Gasteiger partial charge in [-0.05, 0) is 37.3 Å². The molecule has 6 heteroatoms. The van der Waals surface area contributed by atoms with Gasteiger partial charge in [0.15, 0.2) is 0 Å². The smallest absolute Gasteiger partial charge is 0.207 e. The van der Waals surface area contributed by atoms with Crippen LogP contribution in [0.1, 0.15) is 12.0 Å². The van der Waals surface area contributed by atoms with E-state index in [1.54, 1.807) is 30.3 Å². The van der Waals surface area contributed by atoms with Crippen LogP contribution in [0.4, 0.5) is 0 Å². The molecule has 3 atom stereocenters. The first-order valence-corrected chi connectivity index (χ1v) is 8.98.